The summed E-state index contributed by atoms with van der Waals surface area (Å²) in [6.07, 6.45) is 3.12. The molecule has 0 saturated heterocycles. The Morgan fingerprint density at radius 3 is 2.35 bits per heavy atom. The highest BCUT2D eigenvalue weighted by molar-refractivity contribution is 7.98. The number of benzene rings is 2. The van der Waals surface area contributed by atoms with E-state index in [1.54, 1.807) is 6.26 Å². The first-order valence-electron chi connectivity index (χ1n) is 8.96. The number of hydrogen-bond acceptors (Lipinski definition) is 7. The van der Waals surface area contributed by atoms with E-state index in [0.29, 0.717) is 22.1 Å². The first kappa shape index (κ1) is 22.0. The van der Waals surface area contributed by atoms with E-state index < -0.39 is 30.3 Å². The van der Waals surface area contributed by atoms with Gasteiger partial charge in [0.1, 0.15) is 5.82 Å². The van der Waals surface area contributed by atoms with Crippen molar-refractivity contribution in [1.29, 1.82) is 0 Å². The minimum atomic E-state index is -0.756. The van der Waals surface area contributed by atoms with Crippen LogP contribution in [0.2, 0.25) is 0 Å². The van der Waals surface area contributed by atoms with Crippen LogP contribution in [-0.2, 0) is 14.3 Å². The van der Waals surface area contributed by atoms with Crippen molar-refractivity contribution >= 4 is 35.3 Å². The van der Waals surface area contributed by atoms with Gasteiger partial charge in [-0.25, -0.2) is 19.0 Å². The number of anilines is 1. The van der Waals surface area contributed by atoms with E-state index in [9.17, 15) is 18.8 Å². The number of rotatable bonds is 7. The fourth-order valence-electron chi connectivity index (χ4n) is 2.67. The number of halogens is 1. The number of esters is 2. The van der Waals surface area contributed by atoms with E-state index in [1.807, 2.05) is 0 Å². The summed E-state index contributed by atoms with van der Waals surface area (Å²) in [7, 11) is 1.27. The molecule has 10 heteroatoms. The Balaban J connectivity index is 1.65. The highest BCUT2D eigenvalue weighted by Gasteiger charge is 2.20. The number of imidazole rings is 1. The van der Waals surface area contributed by atoms with Gasteiger partial charge < -0.3 is 14.8 Å². The van der Waals surface area contributed by atoms with Crippen molar-refractivity contribution in [2.45, 2.75) is 5.16 Å². The Hall–Kier alpha value is -3.66. The summed E-state index contributed by atoms with van der Waals surface area (Å²) < 4.78 is 24.5. The second-order valence-corrected chi connectivity index (χ2v) is 6.91. The monoisotopic (exact) mass is 443 g/mol. The lowest BCUT2D eigenvalue weighted by Crippen LogP contribution is -2.22. The Morgan fingerprint density at radius 1 is 1.06 bits per heavy atom. The molecule has 1 aromatic heterocycles. The molecule has 1 N–H and O–H groups in total. The van der Waals surface area contributed by atoms with E-state index in [4.69, 9.17) is 4.74 Å². The number of thioether (sulfide) groups is 1. The van der Waals surface area contributed by atoms with Crippen LogP contribution in [0.15, 0.2) is 59.9 Å². The summed E-state index contributed by atoms with van der Waals surface area (Å²) >= 11 is 1.30. The van der Waals surface area contributed by atoms with Gasteiger partial charge in [-0.3, -0.25) is 9.36 Å². The van der Waals surface area contributed by atoms with Gasteiger partial charge in [0.15, 0.2) is 17.5 Å². The SMILES string of the molecule is COC(=O)c1ccc(NC(=O)COC(=O)c2cnc(SC)n2-c2ccc(F)cc2)cc1. The third-order valence-corrected chi connectivity index (χ3v) is 4.78. The molecule has 31 heavy (non-hydrogen) atoms. The fraction of sp³-hybridized carbons (Fsp3) is 0.143. The third-order valence-electron chi connectivity index (χ3n) is 4.13. The van der Waals surface area contributed by atoms with Gasteiger partial charge in [0, 0.05) is 11.4 Å². The summed E-state index contributed by atoms with van der Waals surface area (Å²) in [4.78, 5) is 40.3. The topological polar surface area (TPSA) is 99.5 Å². The molecule has 0 unspecified atom stereocenters. The minimum Gasteiger partial charge on any atom is -0.465 e. The molecule has 160 valence electrons. The van der Waals surface area contributed by atoms with E-state index >= 15 is 0 Å². The molecule has 3 aromatic rings. The first-order chi connectivity index (χ1) is 14.9. The lowest BCUT2D eigenvalue weighted by Gasteiger charge is -2.11. The van der Waals surface area contributed by atoms with Crippen LogP contribution in [0.4, 0.5) is 10.1 Å². The number of carbonyl (C=O) groups excluding carboxylic acids is 3. The molecule has 0 spiro atoms. The molecule has 0 bridgehead atoms. The predicted molar refractivity (Wildman–Crippen MR) is 112 cm³/mol. The van der Waals surface area contributed by atoms with Gasteiger partial charge >= 0.3 is 11.9 Å². The lowest BCUT2D eigenvalue weighted by atomic mass is 10.2. The number of nitrogens with zero attached hydrogens (tertiary/aromatic N) is 2. The number of ether oxygens (including phenoxy) is 2. The number of amides is 1. The van der Waals surface area contributed by atoms with Gasteiger partial charge in [-0.05, 0) is 54.8 Å². The fourth-order valence-corrected chi connectivity index (χ4v) is 3.22. The van der Waals surface area contributed by atoms with Crippen molar-refractivity contribution in [1.82, 2.24) is 9.55 Å². The average Bonchev–Trinajstić information content (AvgIpc) is 3.22. The van der Waals surface area contributed by atoms with Crippen molar-refractivity contribution in [3.05, 3.63) is 71.8 Å². The zero-order valence-corrected chi connectivity index (χ0v) is 17.4. The third kappa shape index (κ3) is 5.28. The van der Waals surface area contributed by atoms with Crippen LogP contribution in [0, 0.1) is 5.82 Å². The van der Waals surface area contributed by atoms with Crippen molar-refractivity contribution in [2.24, 2.45) is 0 Å². The van der Waals surface area contributed by atoms with Crippen molar-refractivity contribution < 1.29 is 28.2 Å². The van der Waals surface area contributed by atoms with Crippen LogP contribution in [0.5, 0.6) is 0 Å². The predicted octanol–water partition coefficient (Wildman–Crippen LogP) is 3.32. The summed E-state index contributed by atoms with van der Waals surface area (Å²) in [6.45, 7) is -0.527. The maximum absolute atomic E-state index is 13.2. The number of carbonyl (C=O) groups is 3. The van der Waals surface area contributed by atoms with Crippen LogP contribution in [0.1, 0.15) is 20.8 Å². The molecule has 0 atom stereocenters. The van der Waals surface area contributed by atoms with Crippen molar-refractivity contribution in [3.63, 3.8) is 0 Å². The zero-order valence-electron chi connectivity index (χ0n) is 16.6. The Kier molecular flexibility index (Phi) is 7.03. The molecule has 0 aliphatic heterocycles. The minimum absolute atomic E-state index is 0.103. The van der Waals surface area contributed by atoms with Gasteiger partial charge in [-0.1, -0.05) is 11.8 Å². The van der Waals surface area contributed by atoms with Crippen LogP contribution in [0.25, 0.3) is 5.69 Å². The molecule has 0 aliphatic rings. The molecule has 2 aromatic carbocycles. The highest BCUT2D eigenvalue weighted by atomic mass is 32.2. The van der Waals surface area contributed by atoms with Crippen LogP contribution in [-0.4, -0.2) is 47.4 Å². The standard InChI is InChI=1S/C21H18FN3O5S/c1-29-19(27)13-3-7-15(8-4-13)24-18(26)12-30-20(28)17-11-23-21(31-2)25(17)16-9-5-14(22)6-10-16/h3-11H,12H2,1-2H3,(H,24,26). The Bertz CT molecular complexity index is 1100. The van der Waals surface area contributed by atoms with Crippen LogP contribution in [0.3, 0.4) is 0 Å². The molecular weight excluding hydrogens is 425 g/mol. The zero-order chi connectivity index (χ0) is 22.4. The smallest absolute Gasteiger partial charge is 0.357 e. The number of nitrogens with one attached hydrogen (secondary N) is 1. The quantitative estimate of drug-likeness (QED) is 0.442. The molecule has 0 saturated carbocycles. The number of hydrogen-bond donors (Lipinski definition) is 1. The normalized spacial score (nSPS) is 10.4. The maximum Gasteiger partial charge on any atom is 0.357 e. The van der Waals surface area contributed by atoms with E-state index in [2.05, 4.69) is 15.0 Å². The number of aromatic nitrogens is 2. The average molecular weight is 443 g/mol. The molecule has 1 amide bonds. The molecule has 0 radical (unpaired) electrons. The molecular formula is C21H18FN3O5S. The summed E-state index contributed by atoms with van der Waals surface area (Å²) in [6, 6.07) is 11.6. The van der Waals surface area contributed by atoms with E-state index in [-0.39, 0.29) is 5.69 Å². The van der Waals surface area contributed by atoms with Crippen molar-refractivity contribution in [2.75, 3.05) is 25.3 Å². The van der Waals surface area contributed by atoms with E-state index in [0.717, 1.165) is 0 Å². The van der Waals surface area contributed by atoms with Crippen molar-refractivity contribution in [3.8, 4) is 5.69 Å². The Morgan fingerprint density at radius 2 is 1.74 bits per heavy atom. The maximum atomic E-state index is 13.2. The molecule has 0 fully saturated rings. The van der Waals surface area contributed by atoms with Gasteiger partial charge in [0.2, 0.25) is 0 Å². The van der Waals surface area contributed by atoms with Gasteiger partial charge in [0.05, 0.1) is 18.9 Å². The van der Waals surface area contributed by atoms with E-state index in [1.165, 1.54) is 78.2 Å². The van der Waals surface area contributed by atoms with Gasteiger partial charge in [0.25, 0.3) is 5.91 Å². The van der Waals surface area contributed by atoms with Gasteiger partial charge in [-0.2, -0.15) is 0 Å². The Labute approximate surface area is 181 Å². The van der Waals surface area contributed by atoms with Gasteiger partial charge in [-0.15, -0.1) is 0 Å². The molecule has 3 rings (SSSR count). The second-order valence-electron chi connectivity index (χ2n) is 6.14. The lowest BCUT2D eigenvalue weighted by molar-refractivity contribution is -0.119. The molecule has 0 aliphatic carbocycles. The second kappa shape index (κ2) is 9.90. The highest BCUT2D eigenvalue weighted by Crippen LogP contribution is 2.22. The number of methoxy groups -OCH3 is 1. The first-order valence-corrected chi connectivity index (χ1v) is 10.2. The summed E-state index contributed by atoms with van der Waals surface area (Å²) in [5.41, 5.74) is 1.40. The molecule has 1 heterocycles. The summed E-state index contributed by atoms with van der Waals surface area (Å²) in [5.74, 6) is -2.21. The van der Waals surface area contributed by atoms with Crippen LogP contribution < -0.4 is 5.32 Å². The summed E-state index contributed by atoms with van der Waals surface area (Å²) in [5, 5.41) is 3.07. The van der Waals surface area contributed by atoms with Crippen LogP contribution >= 0.6 is 11.8 Å². The molecule has 8 nitrogen and oxygen atoms in total. The largest absolute Gasteiger partial charge is 0.465 e.